The first kappa shape index (κ1) is 12.3. The first-order valence-electron chi connectivity index (χ1n) is 6.19. The first-order valence-corrected chi connectivity index (χ1v) is 6.19. The van der Waals surface area contributed by atoms with E-state index in [1.54, 1.807) is 0 Å². The smallest absolute Gasteiger partial charge is 0.0250 e. The Bertz CT molecular complexity index is 263. The highest BCUT2D eigenvalue weighted by atomic mass is 14.2. The molecule has 84 valence electrons. The van der Waals surface area contributed by atoms with Gasteiger partial charge in [0.05, 0.1) is 0 Å². The monoisotopic (exact) mass is 204 g/mol. The van der Waals surface area contributed by atoms with Gasteiger partial charge in [-0.05, 0) is 29.7 Å². The minimum absolute atomic E-state index is 0.780. The largest absolute Gasteiger partial charge is 0.0651 e. The van der Waals surface area contributed by atoms with Crippen LogP contribution in [-0.4, -0.2) is 0 Å². The Balaban J connectivity index is 2.52. The van der Waals surface area contributed by atoms with Crippen molar-refractivity contribution in [3.05, 3.63) is 35.9 Å². The highest BCUT2D eigenvalue weighted by Crippen LogP contribution is 2.25. The molecule has 3 unspecified atom stereocenters. The van der Waals surface area contributed by atoms with Crippen molar-refractivity contribution >= 4 is 0 Å². The van der Waals surface area contributed by atoms with E-state index < -0.39 is 0 Å². The molecule has 0 amide bonds. The van der Waals surface area contributed by atoms with Crippen LogP contribution in [0.25, 0.3) is 0 Å². The lowest BCUT2D eigenvalue weighted by molar-refractivity contribution is 0.271. The molecule has 0 radical (unpaired) electrons. The molecule has 0 N–H and O–H groups in total. The number of benzene rings is 1. The summed E-state index contributed by atoms with van der Waals surface area (Å²) in [7, 11) is 0. The molecule has 0 spiro atoms. The molecule has 0 saturated carbocycles. The van der Waals surface area contributed by atoms with Gasteiger partial charge in [-0.15, -0.1) is 0 Å². The van der Waals surface area contributed by atoms with Gasteiger partial charge in [-0.25, -0.2) is 0 Å². The van der Waals surface area contributed by atoms with Gasteiger partial charge in [0.2, 0.25) is 0 Å². The van der Waals surface area contributed by atoms with Crippen molar-refractivity contribution in [1.82, 2.24) is 0 Å². The number of hydrogen-bond donors (Lipinski definition) is 0. The van der Waals surface area contributed by atoms with Gasteiger partial charge >= 0.3 is 0 Å². The summed E-state index contributed by atoms with van der Waals surface area (Å²) in [6.45, 7) is 9.42. The lowest BCUT2D eigenvalue weighted by Gasteiger charge is -2.25. The van der Waals surface area contributed by atoms with Gasteiger partial charge < -0.3 is 0 Å². The molecule has 0 aliphatic rings. The summed E-state index contributed by atoms with van der Waals surface area (Å²) in [6, 6.07) is 10.8. The summed E-state index contributed by atoms with van der Waals surface area (Å²) in [4.78, 5) is 0. The van der Waals surface area contributed by atoms with Crippen LogP contribution < -0.4 is 0 Å². The van der Waals surface area contributed by atoms with Gasteiger partial charge in [-0.1, -0.05) is 64.4 Å². The summed E-state index contributed by atoms with van der Waals surface area (Å²) >= 11 is 0. The molecular weight excluding hydrogens is 180 g/mol. The average molecular weight is 204 g/mol. The Hall–Kier alpha value is -0.780. The van der Waals surface area contributed by atoms with Crippen LogP contribution >= 0.6 is 0 Å². The van der Waals surface area contributed by atoms with E-state index in [1.165, 1.54) is 18.4 Å². The first-order chi connectivity index (χ1) is 7.15. The third kappa shape index (κ3) is 3.70. The van der Waals surface area contributed by atoms with Gasteiger partial charge in [-0.2, -0.15) is 0 Å². The van der Waals surface area contributed by atoms with E-state index in [0.29, 0.717) is 0 Å². The second kappa shape index (κ2) is 5.95. The Morgan fingerprint density at radius 1 is 0.933 bits per heavy atom. The van der Waals surface area contributed by atoms with E-state index in [1.807, 2.05) is 0 Å². The minimum Gasteiger partial charge on any atom is -0.0651 e. The Kier molecular flexibility index (Phi) is 4.87. The van der Waals surface area contributed by atoms with Crippen molar-refractivity contribution in [1.29, 1.82) is 0 Å². The van der Waals surface area contributed by atoms with Crippen LogP contribution in [0.3, 0.4) is 0 Å². The molecule has 0 nitrogen and oxygen atoms in total. The van der Waals surface area contributed by atoms with E-state index in [2.05, 4.69) is 58.0 Å². The van der Waals surface area contributed by atoms with Crippen LogP contribution in [0.2, 0.25) is 0 Å². The van der Waals surface area contributed by atoms with Gasteiger partial charge in [-0.3, -0.25) is 0 Å². The van der Waals surface area contributed by atoms with Crippen LogP contribution in [0.4, 0.5) is 0 Å². The van der Waals surface area contributed by atoms with Crippen LogP contribution in [0.1, 0.15) is 39.7 Å². The SMILES string of the molecule is CCC(C)C(C)C(C)Cc1ccccc1. The van der Waals surface area contributed by atoms with Gasteiger partial charge in [0.25, 0.3) is 0 Å². The zero-order valence-corrected chi connectivity index (χ0v) is 10.5. The topological polar surface area (TPSA) is 0 Å². The van der Waals surface area contributed by atoms with Crippen LogP contribution in [-0.2, 0) is 6.42 Å². The molecule has 0 saturated heterocycles. The molecule has 1 aromatic carbocycles. The van der Waals surface area contributed by atoms with E-state index in [0.717, 1.165) is 17.8 Å². The predicted molar refractivity (Wildman–Crippen MR) is 67.9 cm³/mol. The maximum atomic E-state index is 2.39. The van der Waals surface area contributed by atoms with E-state index in [4.69, 9.17) is 0 Å². The standard InChI is InChI=1S/C15H24/c1-5-12(2)14(4)13(3)11-15-9-7-6-8-10-15/h6-10,12-14H,5,11H2,1-4H3. The summed E-state index contributed by atoms with van der Waals surface area (Å²) < 4.78 is 0. The fourth-order valence-electron chi connectivity index (χ4n) is 2.10. The third-order valence-corrected chi connectivity index (χ3v) is 3.84. The summed E-state index contributed by atoms with van der Waals surface area (Å²) in [5, 5.41) is 0. The summed E-state index contributed by atoms with van der Waals surface area (Å²) in [5.41, 5.74) is 1.47. The highest BCUT2D eigenvalue weighted by molar-refractivity contribution is 5.15. The zero-order chi connectivity index (χ0) is 11.3. The summed E-state index contributed by atoms with van der Waals surface area (Å²) in [6.07, 6.45) is 2.51. The molecular formula is C15H24. The molecule has 0 aliphatic carbocycles. The van der Waals surface area contributed by atoms with Crippen LogP contribution in [0, 0.1) is 17.8 Å². The Morgan fingerprint density at radius 3 is 2.07 bits per heavy atom. The van der Waals surface area contributed by atoms with Crippen molar-refractivity contribution in [3.8, 4) is 0 Å². The number of rotatable bonds is 5. The molecule has 1 rings (SSSR count). The zero-order valence-electron chi connectivity index (χ0n) is 10.5. The highest BCUT2D eigenvalue weighted by Gasteiger charge is 2.17. The minimum atomic E-state index is 0.780. The molecule has 0 heterocycles. The molecule has 3 atom stereocenters. The lowest BCUT2D eigenvalue weighted by Crippen LogP contribution is -2.17. The molecule has 15 heavy (non-hydrogen) atoms. The molecule has 0 aliphatic heterocycles. The van der Waals surface area contributed by atoms with E-state index >= 15 is 0 Å². The van der Waals surface area contributed by atoms with Gasteiger partial charge in [0, 0.05) is 0 Å². The Morgan fingerprint density at radius 2 is 1.53 bits per heavy atom. The van der Waals surface area contributed by atoms with Gasteiger partial charge in [0.1, 0.15) is 0 Å². The number of hydrogen-bond acceptors (Lipinski definition) is 0. The van der Waals surface area contributed by atoms with Crippen LogP contribution in [0.5, 0.6) is 0 Å². The second-order valence-corrected chi connectivity index (χ2v) is 4.91. The normalized spacial score (nSPS) is 17.1. The van der Waals surface area contributed by atoms with Crippen molar-refractivity contribution in [2.24, 2.45) is 17.8 Å². The summed E-state index contributed by atoms with van der Waals surface area (Å²) in [5.74, 6) is 2.43. The molecule has 1 aromatic rings. The van der Waals surface area contributed by atoms with Crippen molar-refractivity contribution in [2.45, 2.75) is 40.5 Å². The Labute approximate surface area is 94.7 Å². The molecule has 0 heteroatoms. The van der Waals surface area contributed by atoms with E-state index in [-0.39, 0.29) is 0 Å². The second-order valence-electron chi connectivity index (χ2n) is 4.91. The van der Waals surface area contributed by atoms with Crippen molar-refractivity contribution < 1.29 is 0 Å². The fraction of sp³-hybridized carbons (Fsp3) is 0.600. The molecule has 0 fully saturated rings. The average Bonchev–Trinajstić information content (AvgIpc) is 2.28. The maximum absolute atomic E-state index is 2.39. The van der Waals surface area contributed by atoms with Gasteiger partial charge in [0.15, 0.2) is 0 Å². The molecule has 0 bridgehead atoms. The van der Waals surface area contributed by atoms with E-state index in [9.17, 15) is 0 Å². The maximum Gasteiger partial charge on any atom is -0.0250 e. The predicted octanol–water partition coefficient (Wildman–Crippen LogP) is 4.55. The van der Waals surface area contributed by atoms with Crippen molar-refractivity contribution in [2.75, 3.05) is 0 Å². The lowest BCUT2D eigenvalue weighted by atomic mass is 9.80. The third-order valence-electron chi connectivity index (χ3n) is 3.84. The fourth-order valence-corrected chi connectivity index (χ4v) is 2.10. The van der Waals surface area contributed by atoms with Crippen LogP contribution in [0.15, 0.2) is 30.3 Å². The molecule has 0 aromatic heterocycles. The van der Waals surface area contributed by atoms with Crippen molar-refractivity contribution in [3.63, 3.8) is 0 Å². The quantitative estimate of drug-likeness (QED) is 0.660.